The Kier molecular flexibility index (Phi) is 5.86. The molecule has 1 aliphatic heterocycles. The Hall–Kier alpha value is -1.81. The van der Waals surface area contributed by atoms with Crippen LogP contribution in [0.2, 0.25) is 5.15 Å². The van der Waals surface area contributed by atoms with E-state index in [9.17, 15) is 23.1 Å². The highest BCUT2D eigenvalue weighted by atomic mass is 35.5. The van der Waals surface area contributed by atoms with Gasteiger partial charge in [-0.3, -0.25) is 0 Å². The molecule has 11 heteroatoms. The van der Waals surface area contributed by atoms with Gasteiger partial charge in [0.25, 0.3) is 0 Å². The lowest BCUT2D eigenvalue weighted by molar-refractivity contribution is -0.141. The first-order chi connectivity index (χ1) is 11.9. The van der Waals surface area contributed by atoms with Crippen LogP contribution >= 0.6 is 11.6 Å². The molecule has 1 atom stereocenters. The number of carbonyl (C=O) groups is 1. The summed E-state index contributed by atoms with van der Waals surface area (Å²) in [7, 11) is 0. The first-order valence-electron chi connectivity index (χ1n) is 7.87. The second kappa shape index (κ2) is 7.43. The van der Waals surface area contributed by atoms with Gasteiger partial charge in [-0.05, 0) is 20.8 Å². The highest BCUT2D eigenvalue weighted by Crippen LogP contribution is 2.32. The van der Waals surface area contributed by atoms with Crippen molar-refractivity contribution in [3.8, 4) is 0 Å². The zero-order chi connectivity index (χ0) is 19.7. The predicted molar refractivity (Wildman–Crippen MR) is 88.1 cm³/mol. The van der Waals surface area contributed by atoms with Crippen molar-refractivity contribution >= 4 is 23.5 Å². The fourth-order valence-electron chi connectivity index (χ4n) is 2.47. The number of rotatable bonds is 2. The number of hydrogen-bond acceptors (Lipinski definition) is 6. The van der Waals surface area contributed by atoms with Crippen LogP contribution in [-0.2, 0) is 10.9 Å². The second-order valence-electron chi connectivity index (χ2n) is 6.82. The topological polar surface area (TPSA) is 78.8 Å². The van der Waals surface area contributed by atoms with Crippen molar-refractivity contribution in [2.75, 3.05) is 31.1 Å². The zero-order valence-corrected chi connectivity index (χ0v) is 15.3. The summed E-state index contributed by atoms with van der Waals surface area (Å²) in [5.74, 6) is 0.0301. The summed E-state index contributed by atoms with van der Waals surface area (Å²) >= 11 is 5.87. The zero-order valence-electron chi connectivity index (χ0n) is 14.5. The largest absolute Gasteiger partial charge is 0.444 e. The van der Waals surface area contributed by atoms with Crippen LogP contribution in [0.3, 0.4) is 0 Å². The third-order valence-corrected chi connectivity index (χ3v) is 3.87. The molecule has 1 aromatic rings. The van der Waals surface area contributed by atoms with E-state index in [4.69, 9.17) is 16.3 Å². The fraction of sp³-hybridized carbons (Fsp3) is 0.667. The molecule has 0 radical (unpaired) electrons. The number of aromatic nitrogens is 2. The van der Waals surface area contributed by atoms with E-state index in [1.165, 1.54) is 9.80 Å². The molecule has 1 aromatic heterocycles. The summed E-state index contributed by atoms with van der Waals surface area (Å²) in [4.78, 5) is 22.2. The number of aliphatic hydroxyl groups is 1. The molecule has 0 saturated carbocycles. The summed E-state index contributed by atoms with van der Waals surface area (Å²) in [5.41, 5.74) is -1.86. The molecule has 0 aliphatic carbocycles. The summed E-state index contributed by atoms with van der Waals surface area (Å²) in [6, 6.07) is -0.597. The average Bonchev–Trinajstić information content (AvgIpc) is 2.51. The minimum Gasteiger partial charge on any atom is -0.444 e. The maximum Gasteiger partial charge on any atom is 0.434 e. The second-order valence-corrected chi connectivity index (χ2v) is 7.18. The predicted octanol–water partition coefficient (Wildman–Crippen LogP) is 2.57. The number of ether oxygens (including phenoxy) is 1. The molecule has 26 heavy (non-hydrogen) atoms. The highest BCUT2D eigenvalue weighted by molar-refractivity contribution is 6.31. The smallest absolute Gasteiger partial charge is 0.434 e. The summed E-state index contributed by atoms with van der Waals surface area (Å²) in [5, 5.41) is 9.22. The van der Waals surface area contributed by atoms with Gasteiger partial charge in [0.15, 0.2) is 16.7 Å². The molecule has 0 bridgehead atoms. The molecular formula is C15H20ClF3N4O3. The van der Waals surface area contributed by atoms with Crippen molar-refractivity contribution in [3.63, 3.8) is 0 Å². The van der Waals surface area contributed by atoms with Crippen molar-refractivity contribution in [2.24, 2.45) is 0 Å². The summed E-state index contributed by atoms with van der Waals surface area (Å²) < 4.78 is 43.4. The molecule has 1 N–H and O–H groups in total. The molecule has 146 valence electrons. The standard InChI is InChI=1S/C15H20ClF3N4O3/c1-14(2,3)26-13(25)22-4-5-23(9(7-22)8-24)12-11(16)21-10(6-20-12)15(17,18)19/h6,9,24H,4-5,7-8H2,1-3H3. The number of halogens is 4. The Bertz CT molecular complexity index is 667. The van der Waals surface area contributed by atoms with E-state index in [0.717, 1.165) is 0 Å². The molecule has 1 saturated heterocycles. The third kappa shape index (κ3) is 4.88. The maximum atomic E-state index is 12.7. The van der Waals surface area contributed by atoms with Crippen molar-refractivity contribution in [1.82, 2.24) is 14.9 Å². The van der Waals surface area contributed by atoms with Crippen LogP contribution in [0.5, 0.6) is 0 Å². The Morgan fingerprint density at radius 2 is 2.04 bits per heavy atom. The molecule has 7 nitrogen and oxygen atoms in total. The van der Waals surface area contributed by atoms with E-state index in [1.807, 2.05) is 0 Å². The SMILES string of the molecule is CC(C)(C)OC(=O)N1CCN(c2ncc(C(F)(F)F)nc2Cl)C(CO)C1. The van der Waals surface area contributed by atoms with Gasteiger partial charge in [0.1, 0.15) is 5.60 Å². The van der Waals surface area contributed by atoms with Crippen molar-refractivity contribution in [1.29, 1.82) is 0 Å². The van der Waals surface area contributed by atoms with E-state index in [0.29, 0.717) is 6.20 Å². The van der Waals surface area contributed by atoms with Crippen molar-refractivity contribution in [3.05, 3.63) is 17.0 Å². The van der Waals surface area contributed by atoms with Crippen LogP contribution in [0, 0.1) is 0 Å². The van der Waals surface area contributed by atoms with Gasteiger partial charge in [0.2, 0.25) is 0 Å². The lowest BCUT2D eigenvalue weighted by Crippen LogP contribution is -2.57. The van der Waals surface area contributed by atoms with E-state index in [2.05, 4.69) is 9.97 Å². The van der Waals surface area contributed by atoms with Crippen LogP contribution in [0.1, 0.15) is 26.5 Å². The van der Waals surface area contributed by atoms with E-state index < -0.39 is 34.8 Å². The van der Waals surface area contributed by atoms with Crippen LogP contribution in [0.15, 0.2) is 6.20 Å². The summed E-state index contributed by atoms with van der Waals surface area (Å²) in [6.45, 7) is 5.43. The van der Waals surface area contributed by atoms with Crippen molar-refractivity contribution < 1.29 is 27.8 Å². The van der Waals surface area contributed by atoms with Gasteiger partial charge in [-0.2, -0.15) is 13.2 Å². The lowest BCUT2D eigenvalue weighted by atomic mass is 10.1. The van der Waals surface area contributed by atoms with Gasteiger partial charge in [0.05, 0.1) is 18.8 Å². The normalized spacial score (nSPS) is 18.8. The summed E-state index contributed by atoms with van der Waals surface area (Å²) in [6.07, 6.45) is -4.59. The van der Waals surface area contributed by atoms with E-state index in [-0.39, 0.29) is 32.1 Å². The van der Waals surface area contributed by atoms with Crippen LogP contribution in [0.25, 0.3) is 0 Å². The van der Waals surface area contributed by atoms with E-state index >= 15 is 0 Å². The number of carbonyl (C=O) groups excluding carboxylic acids is 1. The van der Waals surface area contributed by atoms with Crippen LogP contribution in [-0.4, -0.2) is 64.0 Å². The Labute approximate surface area is 153 Å². The number of amides is 1. The van der Waals surface area contributed by atoms with Crippen molar-refractivity contribution in [2.45, 2.75) is 38.6 Å². The monoisotopic (exact) mass is 396 g/mol. The number of alkyl halides is 3. The van der Waals surface area contributed by atoms with Gasteiger partial charge >= 0.3 is 12.3 Å². The highest BCUT2D eigenvalue weighted by Gasteiger charge is 2.36. The van der Waals surface area contributed by atoms with Gasteiger partial charge in [-0.25, -0.2) is 14.8 Å². The minimum absolute atomic E-state index is 0.0301. The average molecular weight is 397 g/mol. The quantitative estimate of drug-likeness (QED) is 0.827. The Balaban J connectivity index is 2.16. The van der Waals surface area contributed by atoms with Gasteiger partial charge in [-0.1, -0.05) is 11.6 Å². The first kappa shape index (κ1) is 20.5. The third-order valence-electron chi connectivity index (χ3n) is 3.62. The lowest BCUT2D eigenvalue weighted by Gasteiger charge is -2.41. The fourth-order valence-corrected chi connectivity index (χ4v) is 2.72. The van der Waals surface area contributed by atoms with Crippen LogP contribution < -0.4 is 4.90 Å². The maximum absolute atomic E-state index is 12.7. The van der Waals surface area contributed by atoms with Gasteiger partial charge < -0.3 is 19.6 Å². The molecular weight excluding hydrogens is 377 g/mol. The van der Waals surface area contributed by atoms with Gasteiger partial charge in [0, 0.05) is 19.6 Å². The minimum atomic E-state index is -4.65. The molecule has 1 amide bonds. The molecule has 1 fully saturated rings. The molecule has 2 rings (SSSR count). The molecule has 1 unspecified atom stereocenters. The number of piperazine rings is 1. The number of aliphatic hydroxyl groups excluding tert-OH is 1. The number of hydrogen-bond donors (Lipinski definition) is 1. The van der Waals surface area contributed by atoms with Gasteiger partial charge in [-0.15, -0.1) is 0 Å². The molecule has 0 aromatic carbocycles. The molecule has 1 aliphatic rings. The Morgan fingerprint density at radius 1 is 1.38 bits per heavy atom. The number of anilines is 1. The van der Waals surface area contributed by atoms with Crippen LogP contribution in [0.4, 0.5) is 23.8 Å². The Morgan fingerprint density at radius 3 is 2.54 bits per heavy atom. The first-order valence-corrected chi connectivity index (χ1v) is 8.25. The molecule has 2 heterocycles. The van der Waals surface area contributed by atoms with E-state index in [1.54, 1.807) is 20.8 Å². The number of nitrogens with zero attached hydrogens (tertiary/aromatic N) is 4. The molecule has 0 spiro atoms.